The molecule has 11 nitrogen and oxygen atoms in total. The van der Waals surface area contributed by atoms with Crippen molar-refractivity contribution in [1.82, 2.24) is 10.6 Å². The van der Waals surface area contributed by atoms with Gasteiger partial charge in [0, 0.05) is 23.0 Å². The van der Waals surface area contributed by atoms with Crippen LogP contribution in [0.2, 0.25) is 0 Å². The number of ketones is 1. The molecule has 0 aliphatic heterocycles. The third-order valence-electron chi connectivity index (χ3n) is 6.24. The first-order valence-corrected chi connectivity index (χ1v) is 14.9. The van der Waals surface area contributed by atoms with Gasteiger partial charge in [-0.1, -0.05) is 68.4 Å². The van der Waals surface area contributed by atoms with Crippen molar-refractivity contribution in [2.24, 2.45) is 5.92 Å². The molecule has 0 saturated carbocycles. The first-order chi connectivity index (χ1) is 19.4. The smallest absolute Gasteiger partial charge is 0.313 e. The normalized spacial score (nSPS) is 14.0. The van der Waals surface area contributed by atoms with E-state index >= 15 is 0 Å². The molecule has 0 aliphatic rings. The van der Waals surface area contributed by atoms with Crippen molar-refractivity contribution in [3.05, 3.63) is 72.8 Å². The van der Waals surface area contributed by atoms with Gasteiger partial charge in [-0.3, -0.25) is 28.5 Å². The largest absolute Gasteiger partial charge is 0.481 e. The monoisotopic (exact) mass is 581 g/mol. The molecule has 216 valence electrons. The SMILES string of the molecule is CC(C)[C@H](NC(=O)C(=O)Nc1cccc2ccccc12)C(=O)N[C@@H](CC(=O)O)C(=O)COP(C)(=O)c1ccccc1. The Labute approximate surface area is 237 Å². The average Bonchev–Trinajstić information content (AvgIpc) is 2.94. The Hall–Kier alpha value is -4.34. The highest BCUT2D eigenvalue weighted by atomic mass is 31.2. The highest BCUT2D eigenvalue weighted by Crippen LogP contribution is 2.41. The molecule has 0 heterocycles. The van der Waals surface area contributed by atoms with Crippen LogP contribution in [0, 0.1) is 5.92 Å². The molecule has 0 bridgehead atoms. The minimum atomic E-state index is -3.40. The summed E-state index contributed by atoms with van der Waals surface area (Å²) in [7, 11) is -3.40. The van der Waals surface area contributed by atoms with Crippen LogP contribution in [0.15, 0.2) is 72.8 Å². The lowest BCUT2D eigenvalue weighted by Crippen LogP contribution is -2.56. The number of hydrogen-bond donors (Lipinski definition) is 4. The van der Waals surface area contributed by atoms with Crippen LogP contribution in [0.1, 0.15) is 20.3 Å². The van der Waals surface area contributed by atoms with Gasteiger partial charge in [-0.05, 0) is 29.5 Å². The summed E-state index contributed by atoms with van der Waals surface area (Å²) in [4.78, 5) is 62.8. The first kappa shape index (κ1) is 31.2. The lowest BCUT2D eigenvalue weighted by molar-refractivity contribution is -0.141. The number of carboxylic acids is 1. The van der Waals surface area contributed by atoms with Crippen LogP contribution in [0.4, 0.5) is 5.69 Å². The standard InChI is InChI=1S/C29H32N3O8P/c1-18(2)26(32-29(38)28(37)30-22-15-9-11-19-10-7-8-14-21(19)22)27(36)31-23(16-25(34)35)24(33)17-40-41(3,39)20-12-5-4-6-13-20/h4-15,18,23,26H,16-17H2,1-3H3,(H,30,37)(H,31,36)(H,32,38)(H,34,35)/t23-,26-,41?/m0/s1. The lowest BCUT2D eigenvalue weighted by atomic mass is 10.0. The molecule has 3 amide bonds. The number of aliphatic carboxylic acids is 1. The van der Waals surface area contributed by atoms with E-state index in [2.05, 4.69) is 16.0 Å². The molecule has 3 aromatic carbocycles. The topological polar surface area (TPSA) is 168 Å². The second kappa shape index (κ2) is 13.8. The van der Waals surface area contributed by atoms with Crippen LogP contribution in [0.3, 0.4) is 0 Å². The van der Waals surface area contributed by atoms with Crippen molar-refractivity contribution in [1.29, 1.82) is 0 Å². The molecule has 12 heteroatoms. The Bertz CT molecular complexity index is 1490. The minimum absolute atomic E-state index is 0.371. The molecule has 1 unspecified atom stereocenters. The maximum absolute atomic E-state index is 13.1. The van der Waals surface area contributed by atoms with E-state index in [0.717, 1.165) is 10.8 Å². The Morgan fingerprint density at radius 1 is 0.854 bits per heavy atom. The molecular weight excluding hydrogens is 549 g/mol. The van der Waals surface area contributed by atoms with E-state index in [1.165, 1.54) is 6.66 Å². The number of carbonyl (C=O) groups excluding carboxylic acids is 4. The molecule has 3 rings (SSSR count). The zero-order valence-electron chi connectivity index (χ0n) is 22.8. The molecule has 0 spiro atoms. The number of Topliss-reactive ketones (excluding diaryl/α,β-unsaturated/α-hetero) is 1. The third-order valence-corrected chi connectivity index (χ3v) is 8.10. The Balaban J connectivity index is 1.67. The molecule has 0 aromatic heterocycles. The van der Waals surface area contributed by atoms with Crippen molar-refractivity contribution in [3.63, 3.8) is 0 Å². The average molecular weight is 582 g/mol. The summed E-state index contributed by atoms with van der Waals surface area (Å²) in [6.45, 7) is 3.83. The van der Waals surface area contributed by atoms with Crippen LogP contribution < -0.4 is 21.3 Å². The zero-order chi connectivity index (χ0) is 30.2. The van der Waals surface area contributed by atoms with Crippen molar-refractivity contribution in [2.45, 2.75) is 32.4 Å². The highest BCUT2D eigenvalue weighted by molar-refractivity contribution is 7.66. The maximum Gasteiger partial charge on any atom is 0.313 e. The van der Waals surface area contributed by atoms with Gasteiger partial charge in [0.1, 0.15) is 18.7 Å². The number of anilines is 1. The lowest BCUT2D eigenvalue weighted by Gasteiger charge is -2.24. The van der Waals surface area contributed by atoms with Crippen molar-refractivity contribution >= 4 is 58.6 Å². The van der Waals surface area contributed by atoms with E-state index in [-0.39, 0.29) is 0 Å². The Morgan fingerprint density at radius 2 is 1.49 bits per heavy atom. The molecule has 0 saturated heterocycles. The van der Waals surface area contributed by atoms with Gasteiger partial charge >= 0.3 is 17.8 Å². The Morgan fingerprint density at radius 3 is 2.15 bits per heavy atom. The van der Waals surface area contributed by atoms with Gasteiger partial charge in [-0.15, -0.1) is 0 Å². The predicted octanol–water partition coefficient (Wildman–Crippen LogP) is 2.70. The van der Waals surface area contributed by atoms with Gasteiger partial charge in [0.15, 0.2) is 5.78 Å². The summed E-state index contributed by atoms with van der Waals surface area (Å²) in [5.41, 5.74) is 0.407. The summed E-state index contributed by atoms with van der Waals surface area (Å²) >= 11 is 0. The fourth-order valence-corrected chi connectivity index (χ4v) is 5.23. The molecule has 3 aromatic rings. The van der Waals surface area contributed by atoms with Gasteiger partial charge in [0.2, 0.25) is 13.3 Å². The Kier molecular flexibility index (Phi) is 10.5. The fourth-order valence-electron chi connectivity index (χ4n) is 4.00. The van der Waals surface area contributed by atoms with Gasteiger partial charge < -0.3 is 25.6 Å². The molecule has 0 aliphatic carbocycles. The predicted molar refractivity (Wildman–Crippen MR) is 154 cm³/mol. The third kappa shape index (κ3) is 8.57. The number of amides is 3. The summed E-state index contributed by atoms with van der Waals surface area (Å²) in [5.74, 6) is -5.69. The molecule has 4 N–H and O–H groups in total. The van der Waals surface area contributed by atoms with Gasteiger partial charge in [-0.25, -0.2) is 0 Å². The second-order valence-corrected chi connectivity index (χ2v) is 12.2. The van der Waals surface area contributed by atoms with Crippen LogP contribution in [0.5, 0.6) is 0 Å². The van der Waals surface area contributed by atoms with E-state index in [1.807, 2.05) is 18.2 Å². The van der Waals surface area contributed by atoms with E-state index < -0.39 is 67.9 Å². The van der Waals surface area contributed by atoms with Crippen molar-refractivity contribution in [2.75, 3.05) is 18.6 Å². The quantitative estimate of drug-likeness (QED) is 0.187. The molecule has 0 fully saturated rings. The van der Waals surface area contributed by atoms with Gasteiger partial charge in [0.05, 0.1) is 6.42 Å². The van der Waals surface area contributed by atoms with Crippen LogP contribution in [0.25, 0.3) is 10.8 Å². The van der Waals surface area contributed by atoms with Crippen LogP contribution >= 0.6 is 7.37 Å². The number of fused-ring (bicyclic) bond motifs is 1. The first-order valence-electron chi connectivity index (χ1n) is 12.8. The summed E-state index contributed by atoms with van der Waals surface area (Å²) < 4.78 is 18.3. The van der Waals surface area contributed by atoms with E-state index in [9.17, 15) is 33.6 Å². The molecule has 0 radical (unpaired) electrons. The molecule has 41 heavy (non-hydrogen) atoms. The van der Waals surface area contributed by atoms with Crippen LogP contribution in [-0.4, -0.2) is 59.9 Å². The molecular formula is C29H32N3O8P. The van der Waals surface area contributed by atoms with Crippen LogP contribution in [-0.2, 0) is 33.1 Å². The van der Waals surface area contributed by atoms with Crippen molar-refractivity contribution < 1.29 is 38.2 Å². The fraction of sp³-hybridized carbons (Fsp3) is 0.276. The van der Waals surface area contributed by atoms with Gasteiger partial charge in [0.25, 0.3) is 0 Å². The number of nitrogens with one attached hydrogen (secondary N) is 3. The highest BCUT2D eigenvalue weighted by Gasteiger charge is 2.32. The van der Waals surface area contributed by atoms with Crippen molar-refractivity contribution in [3.8, 4) is 0 Å². The number of carboxylic acid groups (broad SMARTS) is 1. The summed E-state index contributed by atoms with van der Waals surface area (Å²) in [6, 6.07) is 17.9. The summed E-state index contributed by atoms with van der Waals surface area (Å²) in [5, 5.41) is 18.5. The van der Waals surface area contributed by atoms with E-state index in [1.54, 1.807) is 68.4 Å². The number of carbonyl (C=O) groups is 5. The number of rotatable bonds is 12. The number of hydrogen-bond acceptors (Lipinski definition) is 7. The van der Waals surface area contributed by atoms with E-state index in [0.29, 0.717) is 11.0 Å². The summed E-state index contributed by atoms with van der Waals surface area (Å²) in [6.07, 6.45) is -0.770. The maximum atomic E-state index is 13.1. The van der Waals surface area contributed by atoms with Gasteiger partial charge in [-0.2, -0.15) is 0 Å². The number of benzene rings is 3. The minimum Gasteiger partial charge on any atom is -0.481 e. The molecule has 3 atom stereocenters. The second-order valence-electron chi connectivity index (χ2n) is 9.76. The van der Waals surface area contributed by atoms with E-state index in [4.69, 9.17) is 4.52 Å². The zero-order valence-corrected chi connectivity index (χ0v) is 23.7.